The molecule has 0 N–H and O–H groups in total. The molecule has 6 heteroatoms. The first kappa shape index (κ1) is 13.9. The number of aromatic nitrogens is 2. The molecule has 4 rings (SSSR count). The number of hydrogen-bond acceptors (Lipinski definition) is 5. The van der Waals surface area contributed by atoms with Gasteiger partial charge in [-0.2, -0.15) is 0 Å². The Labute approximate surface area is 132 Å². The van der Waals surface area contributed by atoms with Crippen molar-refractivity contribution >= 4 is 31.6 Å². The van der Waals surface area contributed by atoms with Gasteiger partial charge in [0.05, 0.1) is 15.8 Å². The summed E-state index contributed by atoms with van der Waals surface area (Å²) in [7, 11) is -3.76. The lowest BCUT2D eigenvalue weighted by molar-refractivity contribution is 0.347. The Bertz CT molecular complexity index is 1130. The van der Waals surface area contributed by atoms with Crippen LogP contribution in [0.1, 0.15) is 5.56 Å². The third kappa shape index (κ3) is 2.10. The van der Waals surface area contributed by atoms with E-state index in [1.54, 1.807) is 48.7 Å². The Morgan fingerprint density at radius 3 is 2.52 bits per heavy atom. The summed E-state index contributed by atoms with van der Waals surface area (Å²) in [5.41, 5.74) is 2.23. The standard InChI is InChI=1S/C17H12N2O3S/c1-11-4-6-12(7-5-11)23(20,21)17-14-8-9-15-13(3-2-10-18-15)16(14)19-22-17/h2-10H,1H3. The molecule has 2 aromatic heterocycles. The zero-order chi connectivity index (χ0) is 16.0. The molecule has 0 unspecified atom stereocenters. The second kappa shape index (κ2) is 4.89. The highest BCUT2D eigenvalue weighted by atomic mass is 32.2. The minimum Gasteiger partial charge on any atom is -0.343 e. The predicted molar refractivity (Wildman–Crippen MR) is 85.9 cm³/mol. The van der Waals surface area contributed by atoms with Gasteiger partial charge in [0.1, 0.15) is 5.52 Å². The second-order valence-electron chi connectivity index (χ2n) is 5.32. The molecule has 0 spiro atoms. The molecule has 0 bridgehead atoms. The Morgan fingerprint density at radius 2 is 1.74 bits per heavy atom. The predicted octanol–water partition coefficient (Wildman–Crippen LogP) is 3.52. The summed E-state index contributed by atoms with van der Waals surface area (Å²) in [5.74, 6) is 0. The van der Waals surface area contributed by atoms with Gasteiger partial charge < -0.3 is 4.52 Å². The van der Waals surface area contributed by atoms with Crippen molar-refractivity contribution in [2.75, 3.05) is 0 Å². The average Bonchev–Trinajstić information content (AvgIpc) is 3.00. The first-order valence-electron chi connectivity index (χ1n) is 7.02. The SMILES string of the molecule is Cc1ccc(S(=O)(=O)c2onc3c2ccc2ncccc23)cc1. The molecule has 0 atom stereocenters. The van der Waals surface area contributed by atoms with Crippen LogP contribution in [0.25, 0.3) is 21.8 Å². The molecule has 0 amide bonds. The molecular formula is C17H12N2O3S. The fourth-order valence-electron chi connectivity index (χ4n) is 2.55. The van der Waals surface area contributed by atoms with Gasteiger partial charge >= 0.3 is 0 Å². The van der Waals surface area contributed by atoms with E-state index in [9.17, 15) is 8.42 Å². The highest BCUT2D eigenvalue weighted by Crippen LogP contribution is 2.31. The number of aryl methyl sites for hydroxylation is 1. The summed E-state index contributed by atoms with van der Waals surface area (Å²) in [6, 6.07) is 13.7. The maximum Gasteiger partial charge on any atom is 0.263 e. The second-order valence-corrected chi connectivity index (χ2v) is 7.17. The highest BCUT2D eigenvalue weighted by Gasteiger charge is 2.26. The number of sulfone groups is 1. The maximum atomic E-state index is 12.8. The van der Waals surface area contributed by atoms with Crippen LogP contribution < -0.4 is 0 Å². The van der Waals surface area contributed by atoms with E-state index in [1.807, 2.05) is 13.0 Å². The third-order valence-corrected chi connectivity index (χ3v) is 5.45. The van der Waals surface area contributed by atoms with Gasteiger partial charge in [0.2, 0.25) is 9.84 Å². The minimum absolute atomic E-state index is 0.137. The lowest BCUT2D eigenvalue weighted by Crippen LogP contribution is -2.01. The van der Waals surface area contributed by atoms with Crippen LogP contribution in [0.3, 0.4) is 0 Å². The molecule has 0 radical (unpaired) electrons. The summed E-state index contributed by atoms with van der Waals surface area (Å²) in [4.78, 5) is 4.43. The van der Waals surface area contributed by atoms with Crippen LogP contribution in [0.2, 0.25) is 0 Å². The monoisotopic (exact) mass is 324 g/mol. The number of hydrogen-bond donors (Lipinski definition) is 0. The van der Waals surface area contributed by atoms with E-state index in [1.165, 1.54) is 0 Å². The molecule has 5 nitrogen and oxygen atoms in total. The lowest BCUT2D eigenvalue weighted by atomic mass is 10.1. The molecule has 23 heavy (non-hydrogen) atoms. The van der Waals surface area contributed by atoms with E-state index < -0.39 is 9.84 Å². The first-order chi connectivity index (χ1) is 11.1. The van der Waals surface area contributed by atoms with Crippen LogP contribution >= 0.6 is 0 Å². The zero-order valence-corrected chi connectivity index (χ0v) is 13.0. The molecule has 2 heterocycles. The topological polar surface area (TPSA) is 73.1 Å². The van der Waals surface area contributed by atoms with Crippen LogP contribution in [0, 0.1) is 6.92 Å². The Balaban J connectivity index is 1.99. The summed E-state index contributed by atoms with van der Waals surface area (Å²) in [5, 5.41) is 5.05. The first-order valence-corrected chi connectivity index (χ1v) is 8.50. The fourth-order valence-corrected chi connectivity index (χ4v) is 3.85. The molecule has 0 aliphatic carbocycles. The Kier molecular flexibility index (Phi) is 2.96. The van der Waals surface area contributed by atoms with Crippen LogP contribution in [0.15, 0.2) is 69.2 Å². The van der Waals surface area contributed by atoms with Crippen molar-refractivity contribution in [2.24, 2.45) is 0 Å². The molecule has 2 aromatic carbocycles. The van der Waals surface area contributed by atoms with Crippen molar-refractivity contribution in [2.45, 2.75) is 16.9 Å². The van der Waals surface area contributed by atoms with Gasteiger partial charge in [-0.15, -0.1) is 0 Å². The number of rotatable bonds is 2. The van der Waals surface area contributed by atoms with Gasteiger partial charge in [-0.25, -0.2) is 8.42 Å². The molecule has 0 aliphatic heterocycles. The van der Waals surface area contributed by atoms with Crippen molar-refractivity contribution in [1.82, 2.24) is 10.1 Å². The molecule has 0 fully saturated rings. The van der Waals surface area contributed by atoms with E-state index in [0.29, 0.717) is 10.9 Å². The number of benzene rings is 2. The molecule has 0 aliphatic rings. The summed E-state index contributed by atoms with van der Waals surface area (Å²) >= 11 is 0. The van der Waals surface area contributed by atoms with Crippen molar-refractivity contribution in [3.05, 3.63) is 60.3 Å². The third-order valence-electron chi connectivity index (χ3n) is 3.77. The van der Waals surface area contributed by atoms with Gasteiger partial charge in [-0.3, -0.25) is 4.98 Å². The maximum absolute atomic E-state index is 12.8. The van der Waals surface area contributed by atoms with Gasteiger partial charge in [0.25, 0.3) is 5.09 Å². The van der Waals surface area contributed by atoms with Gasteiger partial charge in [0.15, 0.2) is 0 Å². The number of pyridine rings is 1. The van der Waals surface area contributed by atoms with Crippen molar-refractivity contribution in [3.63, 3.8) is 0 Å². The average molecular weight is 324 g/mol. The smallest absolute Gasteiger partial charge is 0.263 e. The fraction of sp³-hybridized carbons (Fsp3) is 0.0588. The minimum atomic E-state index is -3.76. The highest BCUT2D eigenvalue weighted by molar-refractivity contribution is 7.91. The Hall–Kier alpha value is -2.73. The normalized spacial score (nSPS) is 12.0. The molecule has 114 valence electrons. The lowest BCUT2D eigenvalue weighted by Gasteiger charge is -2.02. The number of fused-ring (bicyclic) bond motifs is 3. The van der Waals surface area contributed by atoms with Crippen LogP contribution in [0.4, 0.5) is 0 Å². The zero-order valence-electron chi connectivity index (χ0n) is 12.2. The van der Waals surface area contributed by atoms with Crippen LogP contribution in [-0.4, -0.2) is 18.6 Å². The van der Waals surface area contributed by atoms with E-state index in [2.05, 4.69) is 10.1 Å². The quantitative estimate of drug-likeness (QED) is 0.564. The summed E-state index contributed by atoms with van der Waals surface area (Å²) in [6.07, 6.45) is 1.68. The van der Waals surface area contributed by atoms with Gasteiger partial charge in [-0.1, -0.05) is 22.9 Å². The number of nitrogens with zero attached hydrogens (tertiary/aromatic N) is 2. The van der Waals surface area contributed by atoms with Crippen LogP contribution in [0.5, 0.6) is 0 Å². The van der Waals surface area contributed by atoms with E-state index in [0.717, 1.165) is 16.5 Å². The molecule has 0 saturated heterocycles. The van der Waals surface area contributed by atoms with E-state index in [4.69, 9.17) is 4.52 Å². The summed E-state index contributed by atoms with van der Waals surface area (Å²) < 4.78 is 30.8. The van der Waals surface area contributed by atoms with Crippen molar-refractivity contribution in [1.29, 1.82) is 0 Å². The largest absolute Gasteiger partial charge is 0.343 e. The molecule has 4 aromatic rings. The van der Waals surface area contributed by atoms with Crippen molar-refractivity contribution in [3.8, 4) is 0 Å². The van der Waals surface area contributed by atoms with E-state index in [-0.39, 0.29) is 9.99 Å². The van der Waals surface area contributed by atoms with E-state index >= 15 is 0 Å². The molecule has 0 saturated carbocycles. The van der Waals surface area contributed by atoms with Crippen molar-refractivity contribution < 1.29 is 12.9 Å². The summed E-state index contributed by atoms with van der Waals surface area (Å²) in [6.45, 7) is 1.90. The molecular weight excluding hydrogens is 312 g/mol. The van der Waals surface area contributed by atoms with Gasteiger partial charge in [0, 0.05) is 11.6 Å². The van der Waals surface area contributed by atoms with Gasteiger partial charge in [-0.05, 0) is 43.3 Å². The Morgan fingerprint density at radius 1 is 0.957 bits per heavy atom. The van der Waals surface area contributed by atoms with Crippen LogP contribution in [-0.2, 0) is 9.84 Å².